The molecule has 1 unspecified atom stereocenters. The Morgan fingerprint density at radius 2 is 2.32 bits per heavy atom. The summed E-state index contributed by atoms with van der Waals surface area (Å²) in [6, 6.07) is 9.86. The highest BCUT2D eigenvalue weighted by Gasteiger charge is 2.26. The number of carbonyl (C=O) groups excluding carboxylic acids is 1. The SMILES string of the molecule is Cc1cccc(NC(=O)C2CCCN(Sc3cccs3)C2)n1. The minimum atomic E-state index is 0.0310. The number of anilines is 1. The smallest absolute Gasteiger partial charge is 0.229 e. The molecule has 1 fully saturated rings. The molecule has 0 aromatic carbocycles. The van der Waals surface area contributed by atoms with Crippen LogP contribution in [-0.2, 0) is 4.79 Å². The Labute approximate surface area is 139 Å². The van der Waals surface area contributed by atoms with Crippen LogP contribution in [0.5, 0.6) is 0 Å². The lowest BCUT2D eigenvalue weighted by Crippen LogP contribution is -2.37. The number of thiophene rings is 1. The van der Waals surface area contributed by atoms with Crippen LogP contribution in [0.3, 0.4) is 0 Å². The molecule has 3 rings (SSSR count). The molecule has 4 nitrogen and oxygen atoms in total. The zero-order chi connectivity index (χ0) is 15.4. The van der Waals surface area contributed by atoms with Crippen LogP contribution < -0.4 is 5.32 Å². The van der Waals surface area contributed by atoms with Gasteiger partial charge in [-0.05, 0) is 55.3 Å². The molecule has 2 aromatic rings. The van der Waals surface area contributed by atoms with Gasteiger partial charge in [0.25, 0.3) is 0 Å². The minimum Gasteiger partial charge on any atom is -0.310 e. The van der Waals surface area contributed by atoms with Crippen LogP contribution in [0.25, 0.3) is 0 Å². The number of nitrogens with one attached hydrogen (secondary N) is 1. The first kappa shape index (κ1) is 15.5. The molecule has 1 saturated heterocycles. The van der Waals surface area contributed by atoms with Gasteiger partial charge in [-0.1, -0.05) is 12.1 Å². The quantitative estimate of drug-likeness (QED) is 0.864. The lowest BCUT2D eigenvalue weighted by Gasteiger charge is -2.30. The van der Waals surface area contributed by atoms with Crippen molar-refractivity contribution < 1.29 is 4.79 Å². The molecule has 0 saturated carbocycles. The van der Waals surface area contributed by atoms with E-state index in [9.17, 15) is 4.79 Å². The number of pyridine rings is 1. The van der Waals surface area contributed by atoms with E-state index in [1.54, 1.807) is 23.3 Å². The van der Waals surface area contributed by atoms with E-state index in [0.29, 0.717) is 5.82 Å². The number of nitrogens with zero attached hydrogens (tertiary/aromatic N) is 2. The molecule has 116 valence electrons. The van der Waals surface area contributed by atoms with Crippen LogP contribution in [0.15, 0.2) is 39.9 Å². The fourth-order valence-corrected chi connectivity index (χ4v) is 4.50. The summed E-state index contributed by atoms with van der Waals surface area (Å²) in [4.78, 5) is 16.8. The Morgan fingerprint density at radius 3 is 3.09 bits per heavy atom. The van der Waals surface area contributed by atoms with Gasteiger partial charge in [0, 0.05) is 18.8 Å². The summed E-state index contributed by atoms with van der Waals surface area (Å²) in [5.74, 6) is 0.756. The van der Waals surface area contributed by atoms with Crippen LogP contribution >= 0.6 is 23.3 Å². The van der Waals surface area contributed by atoms with Gasteiger partial charge in [0.2, 0.25) is 5.91 Å². The Bertz CT molecular complexity index is 630. The monoisotopic (exact) mass is 333 g/mol. The normalized spacial score (nSPS) is 19.0. The van der Waals surface area contributed by atoms with Crippen molar-refractivity contribution in [1.82, 2.24) is 9.29 Å². The molecule has 6 heteroatoms. The van der Waals surface area contributed by atoms with Gasteiger partial charge < -0.3 is 5.32 Å². The third-order valence-corrected chi connectivity index (χ3v) is 5.69. The van der Waals surface area contributed by atoms with Crippen molar-refractivity contribution in [3.05, 3.63) is 41.4 Å². The number of rotatable bonds is 4. The van der Waals surface area contributed by atoms with Crippen LogP contribution in [0.2, 0.25) is 0 Å². The van der Waals surface area contributed by atoms with Gasteiger partial charge >= 0.3 is 0 Å². The summed E-state index contributed by atoms with van der Waals surface area (Å²) >= 11 is 3.50. The number of aromatic nitrogens is 1. The summed E-state index contributed by atoms with van der Waals surface area (Å²) in [7, 11) is 0. The first-order valence-electron chi connectivity index (χ1n) is 7.41. The first-order chi connectivity index (χ1) is 10.7. The number of hydrogen-bond acceptors (Lipinski definition) is 5. The van der Waals surface area contributed by atoms with E-state index in [0.717, 1.165) is 31.6 Å². The maximum absolute atomic E-state index is 12.4. The standard InChI is InChI=1S/C16H19N3OS2/c1-12-5-2-7-14(17-12)18-16(20)13-6-3-9-19(11-13)22-15-8-4-10-21-15/h2,4-5,7-8,10,13H,3,6,9,11H2,1H3,(H,17,18,20). The molecule has 3 heterocycles. The van der Waals surface area contributed by atoms with Gasteiger partial charge in [0.05, 0.1) is 10.1 Å². The molecule has 0 bridgehead atoms. The van der Waals surface area contributed by atoms with E-state index in [-0.39, 0.29) is 11.8 Å². The average molecular weight is 333 g/mol. The minimum absolute atomic E-state index is 0.0310. The highest BCUT2D eigenvalue weighted by molar-refractivity contribution is 7.98. The van der Waals surface area contributed by atoms with Gasteiger partial charge in [0.15, 0.2) is 0 Å². The average Bonchev–Trinajstić information content (AvgIpc) is 3.00. The van der Waals surface area contributed by atoms with Gasteiger partial charge in [0.1, 0.15) is 5.82 Å². The lowest BCUT2D eigenvalue weighted by molar-refractivity contribution is -0.120. The van der Waals surface area contributed by atoms with E-state index in [2.05, 4.69) is 32.1 Å². The largest absolute Gasteiger partial charge is 0.310 e. The molecule has 22 heavy (non-hydrogen) atoms. The van der Waals surface area contributed by atoms with E-state index < -0.39 is 0 Å². The second-order valence-electron chi connectivity index (χ2n) is 5.40. The molecule has 1 atom stereocenters. The second kappa shape index (κ2) is 7.26. The summed E-state index contributed by atoms with van der Waals surface area (Å²) in [6.07, 6.45) is 2.00. The van der Waals surface area contributed by atoms with Crippen molar-refractivity contribution in [3.8, 4) is 0 Å². The van der Waals surface area contributed by atoms with Crippen molar-refractivity contribution in [2.75, 3.05) is 18.4 Å². The second-order valence-corrected chi connectivity index (χ2v) is 7.75. The van der Waals surface area contributed by atoms with Crippen LogP contribution in [-0.4, -0.2) is 28.3 Å². The zero-order valence-electron chi connectivity index (χ0n) is 12.5. The van der Waals surface area contributed by atoms with E-state index in [1.165, 1.54) is 4.21 Å². The molecule has 0 aliphatic carbocycles. The number of hydrogen-bond donors (Lipinski definition) is 1. The van der Waals surface area contributed by atoms with Crippen molar-refractivity contribution in [3.63, 3.8) is 0 Å². The van der Waals surface area contributed by atoms with E-state index in [4.69, 9.17) is 0 Å². The predicted octanol–water partition coefficient (Wildman–Crippen LogP) is 3.81. The lowest BCUT2D eigenvalue weighted by atomic mass is 9.99. The summed E-state index contributed by atoms with van der Waals surface area (Å²) in [5, 5.41) is 5.03. The molecule has 1 N–H and O–H groups in total. The molecular formula is C16H19N3OS2. The Balaban J connectivity index is 1.58. The van der Waals surface area contributed by atoms with Crippen molar-refractivity contribution >= 4 is 35.0 Å². The molecular weight excluding hydrogens is 314 g/mol. The third-order valence-electron chi connectivity index (χ3n) is 3.61. The Kier molecular flexibility index (Phi) is 5.12. The number of carbonyl (C=O) groups is 1. The van der Waals surface area contributed by atoms with Crippen molar-refractivity contribution in [1.29, 1.82) is 0 Å². The fourth-order valence-electron chi connectivity index (χ4n) is 2.52. The van der Waals surface area contributed by atoms with Gasteiger partial charge in [-0.25, -0.2) is 9.29 Å². The van der Waals surface area contributed by atoms with Gasteiger partial charge in [-0.3, -0.25) is 4.79 Å². The molecule has 2 aromatic heterocycles. The number of piperidine rings is 1. The first-order valence-corrected chi connectivity index (χ1v) is 9.07. The van der Waals surface area contributed by atoms with Crippen molar-refractivity contribution in [2.24, 2.45) is 5.92 Å². The maximum atomic E-state index is 12.4. The molecule has 1 aliphatic rings. The maximum Gasteiger partial charge on any atom is 0.229 e. The van der Waals surface area contributed by atoms with Crippen LogP contribution in [0, 0.1) is 12.8 Å². The highest BCUT2D eigenvalue weighted by atomic mass is 32.2. The summed E-state index contributed by atoms with van der Waals surface area (Å²) < 4.78 is 3.57. The van der Waals surface area contributed by atoms with E-state index in [1.807, 2.05) is 25.1 Å². The van der Waals surface area contributed by atoms with E-state index >= 15 is 0 Å². The summed E-state index contributed by atoms with van der Waals surface area (Å²) in [6.45, 7) is 3.75. The number of amides is 1. The third kappa shape index (κ3) is 4.09. The fraction of sp³-hybridized carbons (Fsp3) is 0.375. The topological polar surface area (TPSA) is 45.2 Å². The molecule has 1 aliphatic heterocycles. The molecule has 0 spiro atoms. The zero-order valence-corrected chi connectivity index (χ0v) is 14.1. The number of aryl methyl sites for hydroxylation is 1. The highest BCUT2D eigenvalue weighted by Crippen LogP contribution is 2.31. The van der Waals surface area contributed by atoms with Gasteiger partial charge in [-0.2, -0.15) is 0 Å². The molecule has 0 radical (unpaired) electrons. The van der Waals surface area contributed by atoms with Crippen LogP contribution in [0.1, 0.15) is 18.5 Å². The van der Waals surface area contributed by atoms with Gasteiger partial charge in [-0.15, -0.1) is 11.3 Å². The summed E-state index contributed by atoms with van der Waals surface area (Å²) in [5.41, 5.74) is 0.913. The molecule has 1 amide bonds. The van der Waals surface area contributed by atoms with Crippen molar-refractivity contribution in [2.45, 2.75) is 24.0 Å². The Hall–Kier alpha value is -1.37. The Morgan fingerprint density at radius 1 is 1.41 bits per heavy atom. The van der Waals surface area contributed by atoms with Crippen LogP contribution in [0.4, 0.5) is 5.82 Å². The predicted molar refractivity (Wildman–Crippen MR) is 92.1 cm³/mol.